The fourth-order valence-electron chi connectivity index (χ4n) is 3.95. The fourth-order valence-corrected chi connectivity index (χ4v) is 3.95. The van der Waals surface area contributed by atoms with Gasteiger partial charge in [-0.3, -0.25) is 0 Å². The molecule has 0 saturated carbocycles. The van der Waals surface area contributed by atoms with Crippen molar-refractivity contribution in [1.29, 1.82) is 0 Å². The fraction of sp³-hybridized carbons (Fsp3) is 0.219. The van der Waals surface area contributed by atoms with E-state index in [1.54, 1.807) is 42.5 Å². The summed E-state index contributed by atoms with van der Waals surface area (Å²) in [5.74, 6) is -1.24. The van der Waals surface area contributed by atoms with E-state index in [1.165, 1.54) is 29.8 Å². The quantitative estimate of drug-likeness (QED) is 0.196. The summed E-state index contributed by atoms with van der Waals surface area (Å²) in [5, 5.41) is 17.4. The first-order valence-corrected chi connectivity index (χ1v) is 12.8. The summed E-state index contributed by atoms with van der Waals surface area (Å²) in [6, 6.07) is 28.9. The highest BCUT2D eigenvalue weighted by atomic mass is 19.4. The number of aliphatic hydroxyl groups excluding tert-OH is 1. The monoisotopic (exact) mass is 569 g/mol. The molecule has 0 radical (unpaired) electrons. The van der Waals surface area contributed by atoms with Crippen molar-refractivity contribution in [2.45, 2.75) is 31.3 Å². The maximum Gasteiger partial charge on any atom is 0.416 e. The molecule has 0 aromatic heterocycles. The Bertz CT molecular complexity index is 1330. The third-order valence-electron chi connectivity index (χ3n) is 6.12. The number of carboxylic acids is 1. The number of benzene rings is 4. The number of ether oxygens (including phenoxy) is 1. The maximum absolute atomic E-state index is 13.3. The standard InChI is InChI=1S/C24H23F4NO.C8H8O3/c1-29(17-18-5-3-2-4-6-18)16-15-23(19-7-11-21(25)12-8-19)30-22-13-9-20(10-14-22)24(26,27)28;9-7(8(10)11)6-4-2-1-3-5-6/h2-14,23H,15-17H2,1H3;1-5,7,9H,(H,10,11)/t23-;/m0./s1. The van der Waals surface area contributed by atoms with Crippen LogP contribution in [0.5, 0.6) is 5.75 Å². The van der Waals surface area contributed by atoms with Crippen LogP contribution in [-0.4, -0.2) is 34.7 Å². The lowest BCUT2D eigenvalue weighted by Crippen LogP contribution is -2.22. The van der Waals surface area contributed by atoms with E-state index in [0.717, 1.165) is 24.2 Å². The van der Waals surface area contributed by atoms with Gasteiger partial charge in [-0.15, -0.1) is 0 Å². The van der Waals surface area contributed by atoms with Gasteiger partial charge in [-0.1, -0.05) is 72.8 Å². The highest BCUT2D eigenvalue weighted by Crippen LogP contribution is 2.32. The van der Waals surface area contributed by atoms with Crippen LogP contribution in [0.3, 0.4) is 0 Å². The molecule has 5 nitrogen and oxygen atoms in total. The van der Waals surface area contributed by atoms with Gasteiger partial charge >= 0.3 is 12.1 Å². The minimum Gasteiger partial charge on any atom is -0.486 e. The number of aliphatic hydroxyl groups is 1. The lowest BCUT2D eigenvalue weighted by atomic mass is 10.1. The summed E-state index contributed by atoms with van der Waals surface area (Å²) in [6.45, 7) is 1.45. The van der Waals surface area contributed by atoms with Crippen molar-refractivity contribution in [3.63, 3.8) is 0 Å². The molecule has 0 aliphatic heterocycles. The van der Waals surface area contributed by atoms with Crippen molar-refractivity contribution in [2.75, 3.05) is 13.6 Å². The van der Waals surface area contributed by atoms with Crippen LogP contribution in [0.4, 0.5) is 17.6 Å². The molecular weight excluding hydrogens is 538 g/mol. The average molecular weight is 570 g/mol. The molecule has 0 heterocycles. The van der Waals surface area contributed by atoms with Crippen LogP contribution >= 0.6 is 0 Å². The smallest absolute Gasteiger partial charge is 0.416 e. The van der Waals surface area contributed by atoms with Crippen LogP contribution in [-0.2, 0) is 17.5 Å². The first-order valence-electron chi connectivity index (χ1n) is 12.8. The SMILES string of the molecule is CN(CC[C@H](Oc1ccc(C(F)(F)F)cc1)c1ccc(F)cc1)Cc1ccccc1.O=C(O)C(O)c1ccccc1. The Labute approximate surface area is 236 Å². The van der Waals surface area contributed by atoms with Gasteiger partial charge in [0, 0.05) is 19.5 Å². The van der Waals surface area contributed by atoms with Gasteiger partial charge in [0.15, 0.2) is 6.10 Å². The van der Waals surface area contributed by atoms with Crippen molar-refractivity contribution >= 4 is 5.97 Å². The number of hydrogen-bond donors (Lipinski definition) is 2. The Morgan fingerprint density at radius 1 is 0.829 bits per heavy atom. The van der Waals surface area contributed by atoms with Crippen LogP contribution in [0.1, 0.15) is 40.9 Å². The summed E-state index contributed by atoms with van der Waals surface area (Å²) in [6.07, 6.45) is -5.62. The summed E-state index contributed by atoms with van der Waals surface area (Å²) in [5.41, 5.74) is 1.63. The number of rotatable bonds is 10. The predicted octanol–water partition coefficient (Wildman–Crippen LogP) is 7.29. The molecule has 4 aromatic rings. The minimum absolute atomic E-state index is 0.336. The van der Waals surface area contributed by atoms with E-state index >= 15 is 0 Å². The molecule has 2 atom stereocenters. The van der Waals surface area contributed by atoms with Crippen molar-refractivity contribution in [2.24, 2.45) is 0 Å². The number of carbonyl (C=O) groups is 1. The number of hydrogen-bond acceptors (Lipinski definition) is 4. The zero-order chi connectivity index (χ0) is 29.8. The lowest BCUT2D eigenvalue weighted by molar-refractivity contribution is -0.147. The first-order chi connectivity index (χ1) is 19.5. The summed E-state index contributed by atoms with van der Waals surface area (Å²) >= 11 is 0. The lowest BCUT2D eigenvalue weighted by Gasteiger charge is -2.23. The molecule has 4 aromatic carbocycles. The first kappa shape index (κ1) is 31.3. The molecule has 0 bridgehead atoms. The van der Waals surface area contributed by atoms with E-state index < -0.39 is 29.9 Å². The largest absolute Gasteiger partial charge is 0.486 e. The van der Waals surface area contributed by atoms with Crippen molar-refractivity contribution in [3.8, 4) is 5.75 Å². The molecule has 41 heavy (non-hydrogen) atoms. The normalized spacial score (nSPS) is 12.7. The number of alkyl halides is 3. The van der Waals surface area contributed by atoms with Crippen molar-refractivity contribution in [1.82, 2.24) is 4.90 Å². The van der Waals surface area contributed by atoms with Crippen LogP contribution in [0.15, 0.2) is 109 Å². The van der Waals surface area contributed by atoms with Gasteiger partial charge in [-0.2, -0.15) is 13.2 Å². The minimum atomic E-state index is -4.39. The molecule has 0 aliphatic carbocycles. The number of aliphatic carboxylic acids is 1. The third kappa shape index (κ3) is 10.4. The van der Waals surface area contributed by atoms with Gasteiger partial charge in [0.2, 0.25) is 0 Å². The Hall–Kier alpha value is -4.21. The second-order valence-corrected chi connectivity index (χ2v) is 9.34. The van der Waals surface area contributed by atoms with Gasteiger partial charge in [-0.05, 0) is 60.1 Å². The van der Waals surface area contributed by atoms with Crippen molar-refractivity contribution < 1.29 is 37.3 Å². The van der Waals surface area contributed by atoms with Gasteiger partial charge in [0.05, 0.1) is 5.56 Å². The Kier molecular flexibility index (Phi) is 11.4. The molecule has 0 saturated heterocycles. The average Bonchev–Trinajstić information content (AvgIpc) is 2.96. The summed E-state index contributed by atoms with van der Waals surface area (Å²) < 4.78 is 57.7. The molecular formula is C32H31F4NO4. The van der Waals surface area contributed by atoms with E-state index in [-0.39, 0.29) is 5.82 Å². The highest BCUT2D eigenvalue weighted by Gasteiger charge is 2.30. The van der Waals surface area contributed by atoms with Crippen LogP contribution < -0.4 is 4.74 Å². The Morgan fingerprint density at radius 2 is 1.39 bits per heavy atom. The predicted molar refractivity (Wildman–Crippen MR) is 148 cm³/mol. The third-order valence-corrected chi connectivity index (χ3v) is 6.12. The zero-order valence-corrected chi connectivity index (χ0v) is 22.3. The van der Waals surface area contributed by atoms with Gasteiger partial charge < -0.3 is 19.8 Å². The van der Waals surface area contributed by atoms with E-state index in [1.807, 2.05) is 37.4 Å². The van der Waals surface area contributed by atoms with Gasteiger partial charge in [-0.25, -0.2) is 9.18 Å². The number of halogens is 4. The van der Waals surface area contributed by atoms with Crippen molar-refractivity contribution in [3.05, 3.63) is 137 Å². The molecule has 216 valence electrons. The second-order valence-electron chi connectivity index (χ2n) is 9.34. The highest BCUT2D eigenvalue weighted by molar-refractivity contribution is 5.73. The molecule has 4 rings (SSSR count). The Balaban J connectivity index is 0.000000352. The molecule has 0 spiro atoms. The van der Waals surface area contributed by atoms with E-state index in [0.29, 0.717) is 24.3 Å². The maximum atomic E-state index is 13.3. The zero-order valence-electron chi connectivity index (χ0n) is 22.3. The van der Waals surface area contributed by atoms with Gasteiger partial charge in [0.25, 0.3) is 0 Å². The number of nitrogens with zero attached hydrogens (tertiary/aromatic N) is 1. The van der Waals surface area contributed by atoms with E-state index in [4.69, 9.17) is 14.9 Å². The van der Waals surface area contributed by atoms with Crippen LogP contribution in [0, 0.1) is 5.82 Å². The Morgan fingerprint density at radius 3 is 1.93 bits per heavy atom. The molecule has 0 amide bonds. The molecule has 0 aliphatic rings. The van der Waals surface area contributed by atoms with E-state index in [9.17, 15) is 22.4 Å². The molecule has 0 fully saturated rings. The number of carboxylic acid groups (broad SMARTS) is 1. The van der Waals surface area contributed by atoms with Crippen LogP contribution in [0.25, 0.3) is 0 Å². The molecule has 1 unspecified atom stereocenters. The second kappa shape index (κ2) is 15.0. The topological polar surface area (TPSA) is 70.0 Å². The van der Waals surface area contributed by atoms with Gasteiger partial charge in [0.1, 0.15) is 17.7 Å². The molecule has 2 N–H and O–H groups in total. The summed E-state index contributed by atoms with van der Waals surface area (Å²) in [7, 11) is 1.99. The molecule has 9 heteroatoms. The summed E-state index contributed by atoms with van der Waals surface area (Å²) in [4.78, 5) is 12.4. The van der Waals surface area contributed by atoms with Crippen LogP contribution in [0.2, 0.25) is 0 Å². The van der Waals surface area contributed by atoms with E-state index in [2.05, 4.69) is 4.90 Å².